The average molecular weight is 453 g/mol. The maximum Gasteiger partial charge on any atom is 0.345 e. The van der Waals surface area contributed by atoms with Crippen molar-refractivity contribution in [2.45, 2.75) is 4.90 Å². The number of halogens is 2. The van der Waals surface area contributed by atoms with E-state index >= 15 is 0 Å². The third-order valence-corrected chi connectivity index (χ3v) is 7.16. The van der Waals surface area contributed by atoms with E-state index < -0.39 is 23.9 Å². The zero-order chi connectivity index (χ0) is 19.1. The summed E-state index contributed by atoms with van der Waals surface area (Å²) in [5.74, 6) is 0. The van der Waals surface area contributed by atoms with Gasteiger partial charge in [-0.3, -0.25) is 8.87 Å². The molecule has 26 heavy (non-hydrogen) atoms. The molecule has 2 N–H and O–H groups in total. The smallest absolute Gasteiger partial charge is 0.323 e. The van der Waals surface area contributed by atoms with Crippen molar-refractivity contribution in [3.8, 4) is 0 Å². The van der Waals surface area contributed by atoms with Gasteiger partial charge in [0.05, 0.1) is 26.3 Å². The Morgan fingerprint density at radius 2 is 1.77 bits per heavy atom. The molecule has 0 amide bonds. The highest BCUT2D eigenvalue weighted by Gasteiger charge is 2.31. The summed E-state index contributed by atoms with van der Waals surface area (Å²) in [7, 11) is -9.03. The van der Waals surface area contributed by atoms with Crippen LogP contribution in [0.2, 0.25) is 10.0 Å². The van der Waals surface area contributed by atoms with Crippen LogP contribution >= 0.6 is 42.1 Å². The van der Waals surface area contributed by atoms with Gasteiger partial charge in [-0.05, 0) is 36.4 Å². The Morgan fingerprint density at radius 3 is 2.38 bits per heavy atom. The van der Waals surface area contributed by atoms with Crippen LogP contribution in [0.25, 0.3) is 10.2 Å². The monoisotopic (exact) mass is 452 g/mol. The first-order valence-corrected chi connectivity index (χ1v) is 11.8. The standard InChI is InChI=1S/C14H11Cl2N2O5PS2/c15-9-3-10(16)5-12(4-9)26(22,23)18(8-24(19,20)21)11-1-2-13-14(6-11)25-7-17-13/h1-7H,8H2,(H2,19,20,21). The Bertz CT molecular complexity index is 1110. The number of rotatable bonds is 5. The van der Waals surface area contributed by atoms with Crippen molar-refractivity contribution in [1.29, 1.82) is 0 Å². The third kappa shape index (κ3) is 4.20. The molecule has 0 radical (unpaired) electrons. The highest BCUT2D eigenvalue weighted by atomic mass is 35.5. The topological polar surface area (TPSA) is 108 Å². The fraction of sp³-hybridized carbons (Fsp3) is 0.0714. The van der Waals surface area contributed by atoms with E-state index in [9.17, 15) is 22.8 Å². The van der Waals surface area contributed by atoms with Crippen LogP contribution in [0.4, 0.5) is 5.69 Å². The van der Waals surface area contributed by atoms with E-state index in [2.05, 4.69) is 4.98 Å². The van der Waals surface area contributed by atoms with Crippen LogP contribution in [0, 0.1) is 0 Å². The van der Waals surface area contributed by atoms with Gasteiger partial charge >= 0.3 is 7.60 Å². The highest BCUT2D eigenvalue weighted by molar-refractivity contribution is 7.93. The summed E-state index contributed by atoms with van der Waals surface area (Å²) in [4.78, 5) is 22.6. The summed E-state index contributed by atoms with van der Waals surface area (Å²) < 4.78 is 39.0. The van der Waals surface area contributed by atoms with E-state index in [4.69, 9.17) is 23.2 Å². The molecular weight excluding hydrogens is 442 g/mol. The lowest BCUT2D eigenvalue weighted by atomic mass is 10.3. The number of anilines is 1. The van der Waals surface area contributed by atoms with Gasteiger partial charge in [-0.1, -0.05) is 23.2 Å². The average Bonchev–Trinajstić information content (AvgIpc) is 2.98. The number of hydrogen-bond donors (Lipinski definition) is 2. The van der Waals surface area contributed by atoms with Gasteiger partial charge in [0, 0.05) is 10.0 Å². The normalized spacial score (nSPS) is 12.5. The molecule has 12 heteroatoms. The molecular formula is C14H11Cl2N2O5PS2. The molecule has 0 spiro atoms. The molecule has 1 heterocycles. The molecule has 3 rings (SSSR count). The van der Waals surface area contributed by atoms with Crippen molar-refractivity contribution in [1.82, 2.24) is 4.98 Å². The zero-order valence-corrected chi connectivity index (χ0v) is 16.8. The Balaban J connectivity index is 2.17. The van der Waals surface area contributed by atoms with E-state index in [1.54, 1.807) is 11.6 Å². The molecule has 3 aromatic rings. The van der Waals surface area contributed by atoms with Gasteiger partial charge in [-0.25, -0.2) is 13.4 Å². The van der Waals surface area contributed by atoms with Crippen LogP contribution in [0.15, 0.2) is 46.8 Å². The predicted octanol–water partition coefficient (Wildman–Crippen LogP) is 3.93. The fourth-order valence-electron chi connectivity index (χ4n) is 2.27. The lowest BCUT2D eigenvalue weighted by Gasteiger charge is -2.25. The Morgan fingerprint density at radius 1 is 1.12 bits per heavy atom. The number of nitrogens with zero attached hydrogens (tertiary/aromatic N) is 2. The maximum atomic E-state index is 13.0. The summed E-state index contributed by atoms with van der Waals surface area (Å²) in [6.07, 6.45) is -1.02. The molecule has 0 fully saturated rings. The lowest BCUT2D eigenvalue weighted by molar-refractivity contribution is 0.373. The first-order chi connectivity index (χ1) is 12.1. The van der Waals surface area contributed by atoms with Crippen molar-refractivity contribution in [3.63, 3.8) is 0 Å². The van der Waals surface area contributed by atoms with E-state index in [1.165, 1.54) is 41.7 Å². The molecule has 138 valence electrons. The molecule has 0 bridgehead atoms. The molecule has 0 atom stereocenters. The van der Waals surface area contributed by atoms with Crippen LogP contribution in [-0.4, -0.2) is 29.5 Å². The minimum atomic E-state index is -4.70. The van der Waals surface area contributed by atoms with Crippen molar-refractivity contribution in [2.24, 2.45) is 0 Å². The Hall–Kier alpha value is -1.19. The molecule has 0 unspecified atom stereocenters. The van der Waals surface area contributed by atoms with Gasteiger partial charge in [0.25, 0.3) is 10.0 Å². The number of aromatic nitrogens is 1. The Labute approximate surface area is 163 Å². The number of benzene rings is 2. The van der Waals surface area contributed by atoms with Crippen LogP contribution in [0.1, 0.15) is 0 Å². The summed E-state index contributed by atoms with van der Waals surface area (Å²) in [5.41, 5.74) is 2.34. The first-order valence-electron chi connectivity index (χ1n) is 6.93. The minimum absolute atomic E-state index is 0.0881. The number of thiazole rings is 1. The molecule has 0 saturated heterocycles. The largest absolute Gasteiger partial charge is 0.345 e. The van der Waals surface area contributed by atoms with Gasteiger partial charge in [0.1, 0.15) is 6.29 Å². The molecule has 0 aliphatic rings. The fourth-order valence-corrected chi connectivity index (χ4v) is 6.39. The first kappa shape index (κ1) is 19.6. The van der Waals surface area contributed by atoms with Crippen LogP contribution in [-0.2, 0) is 14.6 Å². The summed E-state index contributed by atoms with van der Waals surface area (Å²) >= 11 is 13.0. The predicted molar refractivity (Wildman–Crippen MR) is 103 cm³/mol. The molecule has 1 aromatic heterocycles. The lowest BCUT2D eigenvalue weighted by Crippen LogP contribution is -2.32. The van der Waals surface area contributed by atoms with Crippen molar-refractivity contribution in [2.75, 3.05) is 10.6 Å². The quantitative estimate of drug-likeness (QED) is 0.567. The Kier molecular flexibility index (Phi) is 5.33. The number of hydrogen-bond acceptors (Lipinski definition) is 5. The van der Waals surface area contributed by atoms with Crippen LogP contribution in [0.5, 0.6) is 0 Å². The number of sulfonamides is 1. The second-order valence-corrected chi connectivity index (χ2v) is 10.5. The minimum Gasteiger partial charge on any atom is -0.323 e. The second-order valence-electron chi connectivity index (χ2n) is 5.27. The van der Waals surface area contributed by atoms with Gasteiger partial charge < -0.3 is 9.79 Å². The van der Waals surface area contributed by atoms with Crippen molar-refractivity contribution in [3.05, 3.63) is 52.0 Å². The third-order valence-electron chi connectivity index (χ3n) is 3.34. The summed E-state index contributed by atoms with van der Waals surface area (Å²) in [5, 5.41) is 0.176. The molecule has 0 aliphatic carbocycles. The van der Waals surface area contributed by atoms with Crippen LogP contribution in [0.3, 0.4) is 0 Å². The molecule has 2 aromatic carbocycles. The maximum absolute atomic E-state index is 13.0. The molecule has 0 saturated carbocycles. The zero-order valence-electron chi connectivity index (χ0n) is 12.8. The second kappa shape index (κ2) is 7.09. The van der Waals surface area contributed by atoms with Crippen molar-refractivity contribution < 1.29 is 22.8 Å². The van der Waals surface area contributed by atoms with Crippen molar-refractivity contribution >= 4 is 68.1 Å². The summed E-state index contributed by atoms with van der Waals surface area (Å²) in [6.45, 7) is 0. The number of fused-ring (bicyclic) bond motifs is 1. The van der Waals surface area contributed by atoms with E-state index in [1.807, 2.05) is 0 Å². The van der Waals surface area contributed by atoms with Gasteiger partial charge in [-0.15, -0.1) is 11.3 Å². The SMILES string of the molecule is O=P(O)(O)CN(c1ccc2ncsc2c1)S(=O)(=O)c1cc(Cl)cc(Cl)c1. The van der Waals surface area contributed by atoms with E-state index in [0.717, 1.165) is 0 Å². The van der Waals surface area contributed by atoms with E-state index in [-0.39, 0.29) is 20.6 Å². The molecule has 0 aliphatic heterocycles. The van der Waals surface area contributed by atoms with Gasteiger partial charge in [-0.2, -0.15) is 0 Å². The highest BCUT2D eigenvalue weighted by Crippen LogP contribution is 2.40. The van der Waals surface area contributed by atoms with Gasteiger partial charge in [0.15, 0.2) is 0 Å². The van der Waals surface area contributed by atoms with Crippen LogP contribution < -0.4 is 4.31 Å². The van der Waals surface area contributed by atoms with Gasteiger partial charge in [0.2, 0.25) is 0 Å². The van der Waals surface area contributed by atoms with E-state index in [0.29, 0.717) is 14.5 Å². The summed E-state index contributed by atoms with van der Waals surface area (Å²) in [6, 6.07) is 8.21. The molecule has 7 nitrogen and oxygen atoms in total.